The molecule has 588 valence electrons. The van der Waals surface area contributed by atoms with Crippen LogP contribution in [-0.2, 0) is 65.4 Å². The van der Waals surface area contributed by atoms with E-state index in [1.807, 2.05) is 0 Å². The first-order valence-corrected chi connectivity index (χ1v) is 44.2. The van der Waals surface area contributed by atoms with Crippen LogP contribution in [0.25, 0.3) is 0 Å². The summed E-state index contributed by atoms with van der Waals surface area (Å²) < 4.78 is 68.7. The molecule has 0 aromatic carbocycles. The Kier molecular flexibility index (Phi) is 67.8. The number of phosphoric ester groups is 2. The van der Waals surface area contributed by atoms with Gasteiger partial charge in [-0.1, -0.05) is 357 Å². The Balaban J connectivity index is 5.25. The van der Waals surface area contributed by atoms with Crippen molar-refractivity contribution < 1.29 is 80.2 Å². The van der Waals surface area contributed by atoms with Crippen LogP contribution < -0.4 is 0 Å². The number of carbonyl (C=O) groups is 4. The van der Waals surface area contributed by atoms with Crippen LogP contribution in [0.5, 0.6) is 0 Å². The zero-order valence-electron chi connectivity index (χ0n) is 65.1. The van der Waals surface area contributed by atoms with Crippen LogP contribution in [0.4, 0.5) is 0 Å². The van der Waals surface area contributed by atoms with Crippen molar-refractivity contribution in [2.45, 2.75) is 427 Å². The summed E-state index contributed by atoms with van der Waals surface area (Å²) in [6, 6.07) is 0. The molecular formula is C80H156O17P2. The van der Waals surface area contributed by atoms with Gasteiger partial charge in [0.2, 0.25) is 0 Å². The van der Waals surface area contributed by atoms with Crippen molar-refractivity contribution in [3.8, 4) is 0 Å². The van der Waals surface area contributed by atoms with Gasteiger partial charge in [-0.15, -0.1) is 0 Å². The first-order valence-electron chi connectivity index (χ1n) is 41.2. The molecule has 0 aromatic heterocycles. The number of carbonyl (C=O) groups excluding carboxylic acids is 4. The number of esters is 4. The number of aliphatic hydroxyl groups is 1. The Hall–Kier alpha value is -1.94. The lowest BCUT2D eigenvalue weighted by molar-refractivity contribution is -0.161. The summed E-state index contributed by atoms with van der Waals surface area (Å²) in [4.78, 5) is 73.0. The van der Waals surface area contributed by atoms with Crippen LogP contribution in [0.15, 0.2) is 0 Å². The van der Waals surface area contributed by atoms with Crippen molar-refractivity contribution in [1.29, 1.82) is 0 Å². The maximum atomic E-state index is 13.1. The van der Waals surface area contributed by atoms with E-state index in [0.717, 1.165) is 114 Å². The molecule has 0 fully saturated rings. The van der Waals surface area contributed by atoms with Gasteiger partial charge in [-0.2, -0.15) is 0 Å². The Morgan fingerprint density at radius 1 is 0.283 bits per heavy atom. The molecule has 99 heavy (non-hydrogen) atoms. The highest BCUT2D eigenvalue weighted by Gasteiger charge is 2.30. The van der Waals surface area contributed by atoms with Gasteiger partial charge in [0.05, 0.1) is 26.4 Å². The van der Waals surface area contributed by atoms with Gasteiger partial charge < -0.3 is 33.8 Å². The number of hydrogen-bond acceptors (Lipinski definition) is 15. The third-order valence-electron chi connectivity index (χ3n) is 18.9. The van der Waals surface area contributed by atoms with E-state index in [-0.39, 0.29) is 25.7 Å². The van der Waals surface area contributed by atoms with Gasteiger partial charge in [0, 0.05) is 25.7 Å². The van der Waals surface area contributed by atoms with Gasteiger partial charge in [0.1, 0.15) is 19.3 Å². The second kappa shape index (κ2) is 69.1. The fourth-order valence-electron chi connectivity index (χ4n) is 12.2. The van der Waals surface area contributed by atoms with Crippen molar-refractivity contribution in [2.24, 2.45) is 23.7 Å². The molecule has 0 heterocycles. The summed E-state index contributed by atoms with van der Waals surface area (Å²) in [6.07, 6.45) is 55.5. The zero-order chi connectivity index (χ0) is 73.1. The number of hydrogen-bond donors (Lipinski definition) is 3. The number of unbranched alkanes of at least 4 members (excludes halogenated alkanes) is 42. The molecule has 0 spiro atoms. The molecule has 0 rings (SSSR count). The molecule has 0 amide bonds. The van der Waals surface area contributed by atoms with E-state index in [2.05, 4.69) is 55.4 Å². The minimum atomic E-state index is -4.96. The quantitative estimate of drug-likeness (QED) is 0.0222. The largest absolute Gasteiger partial charge is 0.472 e. The summed E-state index contributed by atoms with van der Waals surface area (Å²) >= 11 is 0. The summed E-state index contributed by atoms with van der Waals surface area (Å²) in [7, 11) is -9.92. The molecule has 0 aliphatic rings. The van der Waals surface area contributed by atoms with Crippen molar-refractivity contribution in [1.82, 2.24) is 0 Å². The Labute approximate surface area is 607 Å². The predicted octanol–water partition coefficient (Wildman–Crippen LogP) is 23.6. The predicted molar refractivity (Wildman–Crippen MR) is 404 cm³/mol. The van der Waals surface area contributed by atoms with Crippen LogP contribution in [0.3, 0.4) is 0 Å². The first-order chi connectivity index (χ1) is 47.6. The Morgan fingerprint density at radius 2 is 0.485 bits per heavy atom. The Bertz CT molecular complexity index is 1940. The van der Waals surface area contributed by atoms with Gasteiger partial charge in [0.15, 0.2) is 12.2 Å². The van der Waals surface area contributed by atoms with E-state index < -0.39 is 97.5 Å². The van der Waals surface area contributed by atoms with E-state index >= 15 is 0 Å². The van der Waals surface area contributed by atoms with Gasteiger partial charge >= 0.3 is 39.5 Å². The van der Waals surface area contributed by atoms with Crippen molar-refractivity contribution in [2.75, 3.05) is 39.6 Å². The maximum absolute atomic E-state index is 13.1. The average Bonchev–Trinajstić information content (AvgIpc) is 1.01. The fraction of sp³-hybridized carbons (Fsp3) is 0.950. The molecule has 17 nitrogen and oxygen atoms in total. The molecule has 0 saturated heterocycles. The lowest BCUT2D eigenvalue weighted by Gasteiger charge is -2.21. The highest BCUT2D eigenvalue weighted by atomic mass is 31.2. The SMILES string of the molecule is CCC(C)CCCCCCCCCCCCCCCCC(=O)OC[C@H](COP(=O)(O)OCC(O)COP(=O)(O)OC[C@@H](COC(=O)CCCCCCCCCC(C)C)OC(=O)CCCCCCCCCCCCCC(C)C)OC(=O)CCCCCCCCCCCCCCCCC(C)C. The average molecular weight is 1450 g/mol. The van der Waals surface area contributed by atoms with Gasteiger partial charge in [-0.25, -0.2) is 9.13 Å². The zero-order valence-corrected chi connectivity index (χ0v) is 66.9. The molecule has 4 unspecified atom stereocenters. The van der Waals surface area contributed by atoms with Crippen molar-refractivity contribution in [3.63, 3.8) is 0 Å². The standard InChI is InChI=1S/C80H156O17P2/c1-9-73(8)59-51-43-35-27-21-15-11-13-16-22-28-36-44-52-60-77(82)90-66-75(96-79(84)62-54-46-37-29-23-17-12-10-14-19-25-32-40-48-56-70(2)3)68-94-98(86,87)92-64-74(81)65-93-99(88,89)95-69-76(67-91-78(83)61-53-45-39-31-34-42-50-58-72(6)7)97-80(85)63-55-47-38-30-24-18-20-26-33-41-49-57-71(4)5/h70-76,81H,9-69H2,1-8H3,(H,86,87)(H,88,89)/t73?,74?,75-,76-/m1/s1. The highest BCUT2D eigenvalue weighted by Crippen LogP contribution is 2.45. The van der Waals surface area contributed by atoms with Crippen LogP contribution in [-0.4, -0.2) is 96.7 Å². The minimum absolute atomic E-state index is 0.105. The molecule has 6 atom stereocenters. The normalized spacial score (nSPS) is 14.3. The van der Waals surface area contributed by atoms with Crippen molar-refractivity contribution >= 4 is 39.5 Å². The molecule has 0 bridgehead atoms. The summed E-state index contributed by atoms with van der Waals surface area (Å²) in [5.41, 5.74) is 0. The lowest BCUT2D eigenvalue weighted by Crippen LogP contribution is -2.30. The number of aliphatic hydroxyl groups excluding tert-OH is 1. The number of rotatable bonds is 77. The minimum Gasteiger partial charge on any atom is -0.462 e. The van der Waals surface area contributed by atoms with E-state index in [9.17, 15) is 43.2 Å². The molecule has 0 aromatic rings. The fourth-order valence-corrected chi connectivity index (χ4v) is 13.8. The molecule has 0 aliphatic heterocycles. The molecule has 0 aliphatic carbocycles. The number of phosphoric acid groups is 2. The number of ether oxygens (including phenoxy) is 4. The monoisotopic (exact) mass is 1450 g/mol. The van der Waals surface area contributed by atoms with E-state index in [1.54, 1.807) is 0 Å². The van der Waals surface area contributed by atoms with E-state index in [4.69, 9.17) is 37.0 Å². The van der Waals surface area contributed by atoms with Gasteiger partial charge in [-0.3, -0.25) is 37.3 Å². The third kappa shape index (κ3) is 72.8. The topological polar surface area (TPSA) is 237 Å². The highest BCUT2D eigenvalue weighted by molar-refractivity contribution is 7.47. The molecular weight excluding hydrogens is 1290 g/mol. The van der Waals surface area contributed by atoms with Gasteiger partial charge in [-0.05, 0) is 49.4 Å². The molecule has 0 radical (unpaired) electrons. The first kappa shape index (κ1) is 97.1. The van der Waals surface area contributed by atoms with Gasteiger partial charge in [0.25, 0.3) is 0 Å². The summed E-state index contributed by atoms with van der Waals surface area (Å²) in [5.74, 6) is 1.000. The lowest BCUT2D eigenvalue weighted by atomic mass is 9.99. The second-order valence-electron chi connectivity index (χ2n) is 30.5. The molecule has 3 N–H and O–H groups in total. The summed E-state index contributed by atoms with van der Waals surface area (Å²) in [5, 5.41) is 10.6. The van der Waals surface area contributed by atoms with Crippen LogP contribution in [0.2, 0.25) is 0 Å². The third-order valence-corrected chi connectivity index (χ3v) is 20.8. The second-order valence-corrected chi connectivity index (χ2v) is 33.4. The van der Waals surface area contributed by atoms with Crippen LogP contribution in [0, 0.1) is 23.7 Å². The van der Waals surface area contributed by atoms with Crippen LogP contribution >= 0.6 is 15.6 Å². The maximum Gasteiger partial charge on any atom is 0.472 e. The van der Waals surface area contributed by atoms with E-state index in [1.165, 1.54) is 205 Å². The Morgan fingerprint density at radius 3 is 0.717 bits per heavy atom. The molecule has 19 heteroatoms. The van der Waals surface area contributed by atoms with Crippen molar-refractivity contribution in [3.05, 3.63) is 0 Å². The summed E-state index contributed by atoms with van der Waals surface area (Å²) in [6.45, 7) is 14.3. The smallest absolute Gasteiger partial charge is 0.462 e. The van der Waals surface area contributed by atoms with Crippen LogP contribution in [0.1, 0.15) is 409 Å². The van der Waals surface area contributed by atoms with E-state index in [0.29, 0.717) is 31.6 Å². The molecule has 0 saturated carbocycles.